The van der Waals surface area contributed by atoms with E-state index in [1.807, 2.05) is 38.1 Å². The van der Waals surface area contributed by atoms with Gasteiger partial charge < -0.3 is 14.8 Å². The van der Waals surface area contributed by atoms with Crippen LogP contribution in [0.1, 0.15) is 31.1 Å². The minimum atomic E-state index is -4.44. The molecule has 29 heavy (non-hydrogen) atoms. The first-order valence-electron chi connectivity index (χ1n) is 10.1. The van der Waals surface area contributed by atoms with Crippen LogP contribution < -0.4 is 5.32 Å². The van der Waals surface area contributed by atoms with E-state index in [0.717, 1.165) is 57.6 Å². The molecule has 1 fully saturated rings. The molecule has 1 N–H and O–H groups in total. The van der Waals surface area contributed by atoms with Crippen LogP contribution in [-0.2, 0) is 12.7 Å². The molecule has 8 heteroatoms. The molecule has 0 bridgehead atoms. The zero-order chi connectivity index (χ0) is 21.0. The second-order valence-corrected chi connectivity index (χ2v) is 7.97. The van der Waals surface area contributed by atoms with Crippen molar-refractivity contribution in [3.63, 3.8) is 0 Å². The summed E-state index contributed by atoms with van der Waals surface area (Å²) in [6, 6.07) is 7.48. The Bertz CT molecular complexity index is 775. The molecule has 2 aromatic rings. The molecule has 0 saturated carbocycles. The van der Waals surface area contributed by atoms with Gasteiger partial charge in [-0.3, -0.25) is 4.90 Å². The number of rotatable bonds is 7. The fourth-order valence-electron chi connectivity index (χ4n) is 3.45. The summed E-state index contributed by atoms with van der Waals surface area (Å²) in [6.45, 7) is 10.8. The van der Waals surface area contributed by atoms with E-state index in [1.165, 1.54) is 0 Å². The Morgan fingerprint density at radius 1 is 1.07 bits per heavy atom. The highest BCUT2D eigenvalue weighted by molar-refractivity contribution is 5.57. The first kappa shape index (κ1) is 21.8. The summed E-state index contributed by atoms with van der Waals surface area (Å²) in [4.78, 5) is 8.65. The average molecular weight is 410 g/mol. The molecule has 0 radical (unpaired) electrons. The summed E-state index contributed by atoms with van der Waals surface area (Å²) in [5.41, 5.74) is 0.942. The third-order valence-corrected chi connectivity index (χ3v) is 5.32. The number of imidazole rings is 1. The fourth-order valence-corrected chi connectivity index (χ4v) is 3.45. The van der Waals surface area contributed by atoms with E-state index in [1.54, 1.807) is 4.57 Å². The lowest BCUT2D eigenvalue weighted by atomic mass is 10.1. The van der Waals surface area contributed by atoms with Gasteiger partial charge in [0.1, 0.15) is 5.82 Å². The van der Waals surface area contributed by atoms with E-state index < -0.39 is 11.9 Å². The van der Waals surface area contributed by atoms with Gasteiger partial charge in [0, 0.05) is 63.6 Å². The first-order chi connectivity index (χ1) is 13.7. The van der Waals surface area contributed by atoms with E-state index in [2.05, 4.69) is 27.1 Å². The second kappa shape index (κ2) is 9.28. The van der Waals surface area contributed by atoms with Crippen LogP contribution in [-0.4, -0.2) is 65.7 Å². The molecule has 0 atom stereocenters. The molecule has 1 aliphatic rings. The summed E-state index contributed by atoms with van der Waals surface area (Å²) < 4.78 is 40.8. The maximum Gasteiger partial charge on any atom is 0.434 e. The van der Waals surface area contributed by atoms with Crippen LogP contribution in [0.3, 0.4) is 0 Å². The quantitative estimate of drug-likeness (QED) is 0.711. The molecule has 1 saturated heterocycles. The van der Waals surface area contributed by atoms with Gasteiger partial charge in [0.15, 0.2) is 5.69 Å². The average Bonchev–Trinajstić information content (AvgIpc) is 3.13. The number of alkyl halides is 3. The number of piperazine rings is 1. The van der Waals surface area contributed by atoms with Gasteiger partial charge in [-0.1, -0.05) is 24.3 Å². The van der Waals surface area contributed by atoms with E-state index in [4.69, 9.17) is 0 Å². The van der Waals surface area contributed by atoms with Crippen molar-refractivity contribution in [1.29, 1.82) is 0 Å². The van der Waals surface area contributed by atoms with Crippen molar-refractivity contribution < 1.29 is 13.2 Å². The summed E-state index contributed by atoms with van der Waals surface area (Å²) >= 11 is 0. The van der Waals surface area contributed by atoms with E-state index in [-0.39, 0.29) is 6.04 Å². The van der Waals surface area contributed by atoms with Crippen molar-refractivity contribution in [2.45, 2.75) is 32.6 Å². The molecule has 1 aromatic carbocycles. The molecule has 0 unspecified atom stereocenters. The monoisotopic (exact) mass is 409 g/mol. The van der Waals surface area contributed by atoms with Gasteiger partial charge in [-0.05, 0) is 26.5 Å². The standard InChI is InChI=1S/C21H30F3N5/c1-16(2)29-15-19(21(22,23)24)26-20(29)18-6-4-17(5-7-18)14-25-8-9-28-12-10-27(3)11-13-28/h4-7,15-16,25H,8-14H2,1-3H3. The molecule has 160 valence electrons. The van der Waals surface area contributed by atoms with Crippen molar-refractivity contribution in [3.05, 3.63) is 41.7 Å². The maximum atomic E-state index is 13.1. The van der Waals surface area contributed by atoms with Gasteiger partial charge in [0.05, 0.1) is 0 Å². The molecule has 3 rings (SSSR count). The Morgan fingerprint density at radius 2 is 1.72 bits per heavy atom. The Morgan fingerprint density at radius 3 is 2.31 bits per heavy atom. The lowest BCUT2D eigenvalue weighted by molar-refractivity contribution is -0.140. The minimum Gasteiger partial charge on any atom is -0.328 e. The SMILES string of the molecule is CC(C)n1cc(C(F)(F)F)nc1-c1ccc(CNCCN2CCN(C)CC2)cc1. The molecule has 0 amide bonds. The number of halogens is 3. The number of benzene rings is 1. The summed E-state index contributed by atoms with van der Waals surface area (Å²) in [5.74, 6) is 0.349. The van der Waals surface area contributed by atoms with Crippen LogP contribution in [0.5, 0.6) is 0 Å². The molecule has 0 spiro atoms. The maximum absolute atomic E-state index is 13.1. The van der Waals surface area contributed by atoms with Gasteiger partial charge in [0.25, 0.3) is 0 Å². The second-order valence-electron chi connectivity index (χ2n) is 7.97. The normalized spacial score (nSPS) is 16.7. The molecule has 2 heterocycles. The van der Waals surface area contributed by atoms with Crippen molar-refractivity contribution in [3.8, 4) is 11.4 Å². The largest absolute Gasteiger partial charge is 0.434 e. The number of hydrogen-bond donors (Lipinski definition) is 1. The van der Waals surface area contributed by atoms with Gasteiger partial charge in [0.2, 0.25) is 0 Å². The Balaban J connectivity index is 1.57. The molecule has 1 aromatic heterocycles. The van der Waals surface area contributed by atoms with Crippen molar-refractivity contribution in [2.75, 3.05) is 46.3 Å². The third kappa shape index (κ3) is 5.81. The molecule has 5 nitrogen and oxygen atoms in total. The van der Waals surface area contributed by atoms with Gasteiger partial charge in [-0.2, -0.15) is 13.2 Å². The number of nitrogens with one attached hydrogen (secondary N) is 1. The fraction of sp³-hybridized carbons (Fsp3) is 0.571. The highest BCUT2D eigenvalue weighted by Gasteiger charge is 2.35. The summed E-state index contributed by atoms with van der Waals surface area (Å²) in [6.07, 6.45) is -3.35. The summed E-state index contributed by atoms with van der Waals surface area (Å²) in [7, 11) is 2.15. The van der Waals surface area contributed by atoms with Crippen LogP contribution in [0.15, 0.2) is 30.5 Å². The summed E-state index contributed by atoms with van der Waals surface area (Å²) in [5, 5.41) is 3.45. The lowest BCUT2D eigenvalue weighted by Gasteiger charge is -2.32. The number of nitrogens with zero attached hydrogens (tertiary/aromatic N) is 4. The molecule has 1 aliphatic heterocycles. The number of hydrogen-bond acceptors (Lipinski definition) is 4. The van der Waals surface area contributed by atoms with E-state index >= 15 is 0 Å². The Kier molecular flexibility index (Phi) is 6.97. The predicted molar refractivity (Wildman–Crippen MR) is 109 cm³/mol. The van der Waals surface area contributed by atoms with Crippen LogP contribution >= 0.6 is 0 Å². The Hall–Kier alpha value is -1.90. The lowest BCUT2D eigenvalue weighted by Crippen LogP contribution is -2.46. The first-order valence-corrected chi connectivity index (χ1v) is 10.1. The van der Waals surface area contributed by atoms with Crippen molar-refractivity contribution in [1.82, 2.24) is 24.7 Å². The Labute approximate surface area is 170 Å². The van der Waals surface area contributed by atoms with Crippen molar-refractivity contribution >= 4 is 0 Å². The smallest absolute Gasteiger partial charge is 0.328 e. The predicted octanol–water partition coefficient (Wildman–Crippen LogP) is 3.49. The van der Waals surface area contributed by atoms with Crippen LogP contribution in [0.2, 0.25) is 0 Å². The van der Waals surface area contributed by atoms with Gasteiger partial charge in [-0.15, -0.1) is 0 Å². The number of likely N-dealkylation sites (N-methyl/N-ethyl adjacent to an activating group) is 1. The number of aromatic nitrogens is 2. The minimum absolute atomic E-state index is 0.107. The van der Waals surface area contributed by atoms with Crippen LogP contribution in [0.4, 0.5) is 13.2 Å². The van der Waals surface area contributed by atoms with Gasteiger partial charge in [-0.25, -0.2) is 4.98 Å². The van der Waals surface area contributed by atoms with Gasteiger partial charge >= 0.3 is 6.18 Å². The highest BCUT2D eigenvalue weighted by Crippen LogP contribution is 2.32. The van der Waals surface area contributed by atoms with Crippen LogP contribution in [0, 0.1) is 0 Å². The zero-order valence-corrected chi connectivity index (χ0v) is 17.3. The molecule has 0 aliphatic carbocycles. The van der Waals surface area contributed by atoms with Crippen LogP contribution in [0.25, 0.3) is 11.4 Å². The highest BCUT2D eigenvalue weighted by atomic mass is 19.4. The molecular weight excluding hydrogens is 379 g/mol. The molecular formula is C21H30F3N5. The van der Waals surface area contributed by atoms with E-state index in [0.29, 0.717) is 11.4 Å². The van der Waals surface area contributed by atoms with E-state index in [9.17, 15) is 13.2 Å². The third-order valence-electron chi connectivity index (χ3n) is 5.32. The van der Waals surface area contributed by atoms with Crippen molar-refractivity contribution in [2.24, 2.45) is 0 Å². The zero-order valence-electron chi connectivity index (χ0n) is 17.3. The topological polar surface area (TPSA) is 36.3 Å².